The summed E-state index contributed by atoms with van der Waals surface area (Å²) in [5, 5.41) is 0. The van der Waals surface area contributed by atoms with E-state index in [1.807, 2.05) is 0 Å². The van der Waals surface area contributed by atoms with Crippen LogP contribution < -0.4 is 5.69 Å². The molecule has 0 aliphatic heterocycles. The fourth-order valence-corrected chi connectivity index (χ4v) is 1.91. The molecule has 0 saturated carbocycles. The van der Waals surface area contributed by atoms with Crippen LogP contribution in [0.5, 0.6) is 0 Å². The molecule has 1 aliphatic carbocycles. The Labute approximate surface area is 76.9 Å². The number of rotatable bonds is 2. The molecule has 1 aliphatic rings. The highest BCUT2D eigenvalue weighted by Crippen LogP contribution is 2.25. The first-order chi connectivity index (χ1) is 6.24. The van der Waals surface area contributed by atoms with Crippen molar-refractivity contribution in [1.29, 1.82) is 0 Å². The van der Waals surface area contributed by atoms with E-state index in [1.54, 1.807) is 6.20 Å². The zero-order chi connectivity index (χ0) is 9.26. The second-order valence-electron chi connectivity index (χ2n) is 3.78. The fourth-order valence-electron chi connectivity index (χ4n) is 1.91. The summed E-state index contributed by atoms with van der Waals surface area (Å²) in [4.78, 5) is 16.2. The molecule has 0 radical (unpaired) electrons. The average Bonchev–Trinajstić information content (AvgIpc) is 2.62. The number of aromatic amines is 2. The zero-order valence-corrected chi connectivity index (χ0v) is 7.76. The predicted octanol–water partition coefficient (Wildman–Crippen LogP) is 1.60. The lowest BCUT2D eigenvalue weighted by Crippen LogP contribution is -2.03. The lowest BCUT2D eigenvalue weighted by atomic mass is 10.0. The molecule has 13 heavy (non-hydrogen) atoms. The predicted molar refractivity (Wildman–Crippen MR) is 51.6 cm³/mol. The molecule has 1 atom stereocenters. The molecule has 1 unspecified atom stereocenters. The van der Waals surface area contributed by atoms with Gasteiger partial charge in [-0.15, -0.1) is 0 Å². The first-order valence-electron chi connectivity index (χ1n) is 4.68. The number of imidazole rings is 1. The third-order valence-electron chi connectivity index (χ3n) is 2.56. The van der Waals surface area contributed by atoms with Gasteiger partial charge in [0.05, 0.1) is 0 Å². The molecule has 2 N–H and O–H groups in total. The maximum atomic E-state index is 10.8. The Hall–Kier alpha value is -1.25. The van der Waals surface area contributed by atoms with Crippen LogP contribution >= 0.6 is 0 Å². The highest BCUT2D eigenvalue weighted by molar-refractivity contribution is 5.11. The van der Waals surface area contributed by atoms with Crippen molar-refractivity contribution in [3.05, 3.63) is 34.0 Å². The number of allylic oxidation sites excluding steroid dienone is 2. The van der Waals surface area contributed by atoms with Gasteiger partial charge in [0.1, 0.15) is 0 Å². The molecule has 0 saturated heterocycles. The molecular formula is C10H14N2O. The quantitative estimate of drug-likeness (QED) is 0.664. The van der Waals surface area contributed by atoms with Crippen molar-refractivity contribution in [2.45, 2.75) is 26.2 Å². The number of hydrogen-bond donors (Lipinski definition) is 2. The summed E-state index contributed by atoms with van der Waals surface area (Å²) in [6.45, 7) is 2.17. The molecule has 0 aromatic carbocycles. The van der Waals surface area contributed by atoms with Gasteiger partial charge in [0.25, 0.3) is 0 Å². The van der Waals surface area contributed by atoms with Gasteiger partial charge < -0.3 is 9.97 Å². The molecule has 0 spiro atoms. The summed E-state index contributed by atoms with van der Waals surface area (Å²) in [6.07, 6.45) is 7.46. The van der Waals surface area contributed by atoms with Gasteiger partial charge in [-0.3, -0.25) is 0 Å². The van der Waals surface area contributed by atoms with Crippen LogP contribution in [0.4, 0.5) is 0 Å². The number of H-pyrrole nitrogens is 2. The van der Waals surface area contributed by atoms with Crippen LogP contribution in [-0.2, 0) is 6.42 Å². The summed E-state index contributed by atoms with van der Waals surface area (Å²) < 4.78 is 0. The first kappa shape index (κ1) is 8.35. The van der Waals surface area contributed by atoms with E-state index < -0.39 is 0 Å². The van der Waals surface area contributed by atoms with Gasteiger partial charge in [0.2, 0.25) is 0 Å². The highest BCUT2D eigenvalue weighted by atomic mass is 16.1. The monoisotopic (exact) mass is 178 g/mol. The van der Waals surface area contributed by atoms with E-state index >= 15 is 0 Å². The van der Waals surface area contributed by atoms with Crippen molar-refractivity contribution in [3.63, 3.8) is 0 Å². The minimum Gasteiger partial charge on any atom is -0.313 e. The van der Waals surface area contributed by atoms with Crippen LogP contribution in [0.1, 0.15) is 25.5 Å². The van der Waals surface area contributed by atoms with E-state index in [9.17, 15) is 4.79 Å². The Kier molecular flexibility index (Phi) is 2.08. The average molecular weight is 178 g/mol. The normalized spacial score (nSPS) is 21.9. The maximum absolute atomic E-state index is 10.8. The van der Waals surface area contributed by atoms with Crippen molar-refractivity contribution >= 4 is 0 Å². The maximum Gasteiger partial charge on any atom is 0.323 e. The Morgan fingerprint density at radius 1 is 1.62 bits per heavy atom. The van der Waals surface area contributed by atoms with Gasteiger partial charge in [-0.2, -0.15) is 0 Å². The van der Waals surface area contributed by atoms with Gasteiger partial charge in [0, 0.05) is 11.9 Å². The molecule has 0 fully saturated rings. The number of hydrogen-bond acceptors (Lipinski definition) is 1. The topological polar surface area (TPSA) is 48.6 Å². The minimum atomic E-state index is -0.103. The van der Waals surface area contributed by atoms with Crippen LogP contribution in [0.2, 0.25) is 0 Å². The van der Waals surface area contributed by atoms with Crippen LogP contribution in [0.3, 0.4) is 0 Å². The van der Waals surface area contributed by atoms with Crippen molar-refractivity contribution in [1.82, 2.24) is 9.97 Å². The third-order valence-corrected chi connectivity index (χ3v) is 2.56. The van der Waals surface area contributed by atoms with E-state index in [-0.39, 0.29) is 5.69 Å². The molecule has 1 aromatic rings. The summed E-state index contributed by atoms with van der Waals surface area (Å²) in [5.74, 6) is 0.617. The first-order valence-corrected chi connectivity index (χ1v) is 4.68. The van der Waals surface area contributed by atoms with Crippen LogP contribution in [-0.4, -0.2) is 9.97 Å². The molecule has 3 heteroatoms. The Morgan fingerprint density at radius 3 is 3.00 bits per heavy atom. The SMILES string of the molecule is CC1=CC(Cc2c[nH]c(=O)[nH]2)CC1. The lowest BCUT2D eigenvalue weighted by molar-refractivity contribution is 0.620. The summed E-state index contributed by atoms with van der Waals surface area (Å²) >= 11 is 0. The summed E-state index contributed by atoms with van der Waals surface area (Å²) in [5.41, 5.74) is 2.39. The van der Waals surface area contributed by atoms with E-state index in [4.69, 9.17) is 0 Å². The Bertz CT molecular complexity index is 372. The van der Waals surface area contributed by atoms with Crippen molar-refractivity contribution in [2.75, 3.05) is 0 Å². The lowest BCUT2D eigenvalue weighted by Gasteiger charge is -2.03. The highest BCUT2D eigenvalue weighted by Gasteiger charge is 2.14. The van der Waals surface area contributed by atoms with Crippen molar-refractivity contribution in [2.24, 2.45) is 5.92 Å². The molecule has 0 amide bonds. The smallest absolute Gasteiger partial charge is 0.313 e. The van der Waals surface area contributed by atoms with Gasteiger partial charge in [-0.1, -0.05) is 11.6 Å². The van der Waals surface area contributed by atoms with Crippen LogP contribution in [0, 0.1) is 5.92 Å². The van der Waals surface area contributed by atoms with E-state index in [2.05, 4.69) is 23.0 Å². The fraction of sp³-hybridized carbons (Fsp3) is 0.500. The largest absolute Gasteiger partial charge is 0.323 e. The second kappa shape index (κ2) is 3.24. The summed E-state index contributed by atoms with van der Waals surface area (Å²) in [7, 11) is 0. The van der Waals surface area contributed by atoms with E-state index in [1.165, 1.54) is 18.4 Å². The van der Waals surface area contributed by atoms with Crippen LogP contribution in [0.25, 0.3) is 0 Å². The standard InChI is InChI=1S/C10H14N2O/c1-7-2-3-8(4-7)5-9-6-11-10(13)12-9/h4,6,8H,2-3,5H2,1H3,(H2,11,12,13). The molecule has 2 rings (SSSR count). The zero-order valence-electron chi connectivity index (χ0n) is 7.76. The van der Waals surface area contributed by atoms with E-state index in [0.29, 0.717) is 5.92 Å². The van der Waals surface area contributed by atoms with Gasteiger partial charge in [-0.25, -0.2) is 4.79 Å². The van der Waals surface area contributed by atoms with E-state index in [0.717, 1.165) is 12.1 Å². The molecule has 70 valence electrons. The number of aromatic nitrogens is 2. The van der Waals surface area contributed by atoms with Crippen molar-refractivity contribution in [3.8, 4) is 0 Å². The summed E-state index contributed by atoms with van der Waals surface area (Å²) in [6, 6.07) is 0. The second-order valence-corrected chi connectivity index (χ2v) is 3.78. The molecular weight excluding hydrogens is 164 g/mol. The van der Waals surface area contributed by atoms with Crippen LogP contribution in [0.15, 0.2) is 22.6 Å². The molecule has 3 nitrogen and oxygen atoms in total. The number of nitrogens with one attached hydrogen (secondary N) is 2. The molecule has 0 bridgehead atoms. The third kappa shape index (κ3) is 1.91. The van der Waals surface area contributed by atoms with Gasteiger partial charge in [-0.05, 0) is 32.1 Å². The van der Waals surface area contributed by atoms with Gasteiger partial charge in [0.15, 0.2) is 0 Å². The Morgan fingerprint density at radius 2 is 2.46 bits per heavy atom. The Balaban J connectivity index is 2.03. The molecule has 1 aromatic heterocycles. The van der Waals surface area contributed by atoms with Crippen molar-refractivity contribution < 1.29 is 0 Å². The van der Waals surface area contributed by atoms with Gasteiger partial charge >= 0.3 is 5.69 Å². The minimum absolute atomic E-state index is 0.103. The molecule has 1 heterocycles.